The van der Waals surface area contributed by atoms with Gasteiger partial charge in [-0.3, -0.25) is 19.3 Å². The van der Waals surface area contributed by atoms with Crippen molar-refractivity contribution in [3.8, 4) is 5.75 Å². The summed E-state index contributed by atoms with van der Waals surface area (Å²) in [6, 6.07) is 9.97. The Kier molecular flexibility index (Phi) is 7.44. The molecule has 1 aliphatic rings. The van der Waals surface area contributed by atoms with E-state index in [1.807, 2.05) is 13.0 Å². The molecule has 1 heterocycles. The molecule has 3 amide bonds. The van der Waals surface area contributed by atoms with Gasteiger partial charge in [0.2, 0.25) is 5.91 Å². The smallest absolute Gasteiger partial charge is 0.341 e. The Bertz CT molecular complexity index is 1130. The number of carboxylic acids is 1. The Morgan fingerprint density at radius 2 is 1.88 bits per heavy atom. The minimum absolute atomic E-state index is 0.00573. The number of hydrogen-bond acceptors (Lipinski definition) is 6. The van der Waals surface area contributed by atoms with E-state index in [1.165, 1.54) is 18.2 Å². The quantitative estimate of drug-likeness (QED) is 0.546. The van der Waals surface area contributed by atoms with E-state index in [0.29, 0.717) is 23.0 Å². The number of carbonyl (C=O) groups excluding carboxylic acids is 3. The van der Waals surface area contributed by atoms with Crippen LogP contribution < -0.4 is 10.1 Å². The Morgan fingerprint density at radius 1 is 1.19 bits per heavy atom. The number of carbonyl (C=O) groups is 4. The monoisotopic (exact) mass is 494 g/mol. The molecule has 2 aromatic rings. The normalized spacial score (nSPS) is 14.7. The van der Waals surface area contributed by atoms with Crippen LogP contribution in [0, 0.1) is 6.92 Å². The van der Waals surface area contributed by atoms with E-state index in [9.17, 15) is 19.2 Å². The minimum Gasteiger partial charge on any atom is -0.479 e. The third-order valence-electron chi connectivity index (χ3n) is 4.14. The van der Waals surface area contributed by atoms with E-state index < -0.39 is 36.2 Å². The predicted molar refractivity (Wildman–Crippen MR) is 122 cm³/mol. The second kappa shape index (κ2) is 10.1. The maximum atomic E-state index is 12.7. The van der Waals surface area contributed by atoms with Crippen molar-refractivity contribution in [2.75, 3.05) is 18.5 Å². The van der Waals surface area contributed by atoms with Crippen molar-refractivity contribution in [3.05, 3.63) is 62.5 Å². The fraction of sp³-hybridized carbons (Fsp3) is 0.143. The zero-order chi connectivity index (χ0) is 23.4. The molecule has 2 N–H and O–H groups in total. The average molecular weight is 495 g/mol. The molecule has 32 heavy (non-hydrogen) atoms. The molecule has 11 heteroatoms. The summed E-state index contributed by atoms with van der Waals surface area (Å²) in [5, 5.41) is 10.9. The molecular formula is C21H16Cl2N2O6S. The third-order valence-corrected chi connectivity index (χ3v) is 5.60. The number of hydrogen-bond donors (Lipinski definition) is 2. The van der Waals surface area contributed by atoms with Crippen LogP contribution in [0.3, 0.4) is 0 Å². The van der Waals surface area contributed by atoms with Gasteiger partial charge >= 0.3 is 5.97 Å². The van der Waals surface area contributed by atoms with Gasteiger partial charge in [0.15, 0.2) is 12.4 Å². The molecule has 166 valence electrons. The first-order valence-electron chi connectivity index (χ1n) is 9.09. The summed E-state index contributed by atoms with van der Waals surface area (Å²) in [6.07, 6.45) is 1.40. The first kappa shape index (κ1) is 23.6. The summed E-state index contributed by atoms with van der Waals surface area (Å²) < 4.78 is 5.05. The van der Waals surface area contributed by atoms with Gasteiger partial charge in [0.05, 0.1) is 15.0 Å². The summed E-state index contributed by atoms with van der Waals surface area (Å²) in [5.41, 5.74) is 1.91. The van der Waals surface area contributed by atoms with Crippen molar-refractivity contribution in [1.82, 2.24) is 4.90 Å². The number of thioether (sulfide) groups is 1. The summed E-state index contributed by atoms with van der Waals surface area (Å²) in [5.74, 6) is -2.34. The number of benzene rings is 2. The summed E-state index contributed by atoms with van der Waals surface area (Å²) >= 11 is 12.9. The number of aliphatic carboxylic acids is 1. The zero-order valence-electron chi connectivity index (χ0n) is 16.6. The Hall–Kier alpha value is -3.01. The molecule has 0 aromatic heterocycles. The first-order valence-corrected chi connectivity index (χ1v) is 10.7. The topological polar surface area (TPSA) is 113 Å². The SMILES string of the molecule is Cc1cccc(NC(=O)CN2C(=O)S/C(=C\c3cc(Cl)c(OCC(=O)O)c(Cl)c3)C2=O)c1. The number of aryl methyl sites for hydroxylation is 1. The molecule has 1 aliphatic heterocycles. The number of nitrogens with zero attached hydrogens (tertiary/aromatic N) is 1. The molecule has 3 rings (SSSR count). The number of anilines is 1. The number of ether oxygens (including phenoxy) is 1. The van der Waals surface area contributed by atoms with E-state index in [2.05, 4.69) is 5.32 Å². The zero-order valence-corrected chi connectivity index (χ0v) is 18.9. The van der Waals surface area contributed by atoms with E-state index in [-0.39, 0.29) is 20.7 Å². The van der Waals surface area contributed by atoms with Crippen molar-refractivity contribution in [2.45, 2.75) is 6.92 Å². The highest BCUT2D eigenvalue weighted by Crippen LogP contribution is 2.37. The van der Waals surface area contributed by atoms with Crippen molar-refractivity contribution < 1.29 is 29.0 Å². The lowest BCUT2D eigenvalue weighted by molar-refractivity contribution is -0.139. The molecular weight excluding hydrogens is 479 g/mol. The van der Waals surface area contributed by atoms with Crippen LogP contribution in [0.4, 0.5) is 10.5 Å². The maximum absolute atomic E-state index is 12.7. The van der Waals surface area contributed by atoms with E-state index >= 15 is 0 Å². The Balaban J connectivity index is 1.72. The van der Waals surface area contributed by atoms with Crippen molar-refractivity contribution in [3.63, 3.8) is 0 Å². The second-order valence-electron chi connectivity index (χ2n) is 6.68. The Morgan fingerprint density at radius 3 is 2.50 bits per heavy atom. The number of rotatable bonds is 7. The van der Waals surface area contributed by atoms with Gasteiger partial charge in [-0.2, -0.15) is 0 Å². The fourth-order valence-corrected chi connectivity index (χ4v) is 4.24. The molecule has 0 unspecified atom stereocenters. The summed E-state index contributed by atoms with van der Waals surface area (Å²) in [6.45, 7) is 0.821. The molecule has 1 fully saturated rings. The number of imide groups is 1. The fourth-order valence-electron chi connectivity index (χ4n) is 2.79. The summed E-state index contributed by atoms with van der Waals surface area (Å²) in [7, 11) is 0. The van der Waals surface area contributed by atoms with Gasteiger partial charge < -0.3 is 15.2 Å². The van der Waals surface area contributed by atoms with Crippen LogP contribution in [0.15, 0.2) is 41.3 Å². The van der Waals surface area contributed by atoms with Crippen LogP contribution in [0.25, 0.3) is 6.08 Å². The number of halogens is 2. The molecule has 0 spiro atoms. The lowest BCUT2D eigenvalue weighted by Gasteiger charge is -2.12. The highest BCUT2D eigenvalue weighted by molar-refractivity contribution is 8.18. The minimum atomic E-state index is -1.19. The van der Waals surface area contributed by atoms with E-state index in [0.717, 1.165) is 10.5 Å². The molecule has 0 radical (unpaired) electrons. The van der Waals surface area contributed by atoms with Crippen LogP contribution in [0.5, 0.6) is 5.75 Å². The van der Waals surface area contributed by atoms with E-state index in [1.54, 1.807) is 18.2 Å². The van der Waals surface area contributed by atoms with Crippen molar-refractivity contribution >= 4 is 69.8 Å². The lowest BCUT2D eigenvalue weighted by atomic mass is 10.2. The van der Waals surface area contributed by atoms with Gasteiger partial charge in [-0.1, -0.05) is 35.3 Å². The van der Waals surface area contributed by atoms with Gasteiger partial charge in [0.25, 0.3) is 11.1 Å². The number of nitrogens with one attached hydrogen (secondary N) is 1. The molecule has 0 saturated carbocycles. The van der Waals surface area contributed by atoms with Crippen LogP contribution in [0.1, 0.15) is 11.1 Å². The molecule has 8 nitrogen and oxygen atoms in total. The van der Waals surface area contributed by atoms with Gasteiger partial charge in [-0.25, -0.2) is 4.79 Å². The molecule has 2 aromatic carbocycles. The predicted octanol–water partition coefficient (Wildman–Crippen LogP) is 4.44. The van der Waals surface area contributed by atoms with Gasteiger partial charge in [-0.15, -0.1) is 0 Å². The van der Waals surface area contributed by atoms with Gasteiger partial charge in [0.1, 0.15) is 6.54 Å². The lowest BCUT2D eigenvalue weighted by Crippen LogP contribution is -2.36. The molecule has 1 saturated heterocycles. The van der Waals surface area contributed by atoms with Crippen LogP contribution >= 0.6 is 35.0 Å². The van der Waals surface area contributed by atoms with Crippen LogP contribution in [-0.2, 0) is 14.4 Å². The largest absolute Gasteiger partial charge is 0.479 e. The number of carboxylic acid groups (broad SMARTS) is 1. The number of amides is 3. The van der Waals surface area contributed by atoms with Crippen molar-refractivity contribution in [2.24, 2.45) is 0 Å². The summed E-state index contributed by atoms with van der Waals surface area (Å²) in [4.78, 5) is 48.8. The van der Waals surface area contributed by atoms with Crippen LogP contribution in [0.2, 0.25) is 10.0 Å². The average Bonchev–Trinajstić information content (AvgIpc) is 2.94. The van der Waals surface area contributed by atoms with Gasteiger partial charge in [-0.05, 0) is 60.2 Å². The van der Waals surface area contributed by atoms with E-state index in [4.69, 9.17) is 33.0 Å². The first-order chi connectivity index (χ1) is 15.1. The second-order valence-corrected chi connectivity index (χ2v) is 8.49. The Labute approximate surface area is 197 Å². The van der Waals surface area contributed by atoms with Crippen molar-refractivity contribution in [1.29, 1.82) is 0 Å². The third kappa shape index (κ3) is 5.82. The van der Waals surface area contributed by atoms with Gasteiger partial charge in [0, 0.05) is 5.69 Å². The molecule has 0 aliphatic carbocycles. The highest BCUT2D eigenvalue weighted by Gasteiger charge is 2.36. The molecule has 0 atom stereocenters. The standard InChI is InChI=1S/C21H16Cl2N2O6S/c1-11-3-2-4-13(5-11)24-17(26)9-25-20(29)16(32-21(25)30)8-12-6-14(22)19(15(23)7-12)31-10-18(27)28/h2-8H,9-10H2,1H3,(H,24,26)(H,27,28)/b16-8-. The molecule has 0 bridgehead atoms. The maximum Gasteiger partial charge on any atom is 0.341 e. The van der Waals surface area contributed by atoms with Crippen LogP contribution in [-0.4, -0.2) is 46.2 Å². The highest BCUT2D eigenvalue weighted by atomic mass is 35.5.